The summed E-state index contributed by atoms with van der Waals surface area (Å²) in [6, 6.07) is 5.75. The zero-order valence-electron chi connectivity index (χ0n) is 8.79. The monoisotopic (exact) mass is 229 g/mol. The van der Waals surface area contributed by atoms with Crippen LogP contribution in [0.2, 0.25) is 5.02 Å². The molecule has 0 bridgehead atoms. The first kappa shape index (κ1) is 12.3. The van der Waals surface area contributed by atoms with Gasteiger partial charge in [-0.05, 0) is 31.0 Å². The van der Waals surface area contributed by atoms with E-state index in [0.29, 0.717) is 11.6 Å². The third-order valence-electron chi connectivity index (χ3n) is 2.00. The number of aliphatic hydroxyl groups is 1. The highest BCUT2D eigenvalue weighted by Crippen LogP contribution is 2.25. The molecule has 1 aromatic carbocycles. The highest BCUT2D eigenvalue weighted by molar-refractivity contribution is 6.32. The van der Waals surface area contributed by atoms with E-state index in [0.717, 1.165) is 24.3 Å². The van der Waals surface area contributed by atoms with E-state index in [1.54, 1.807) is 0 Å². The van der Waals surface area contributed by atoms with Crippen LogP contribution in [0.4, 0.5) is 0 Å². The third kappa shape index (κ3) is 4.08. The predicted molar refractivity (Wildman–Crippen MR) is 61.4 cm³/mol. The first-order valence-corrected chi connectivity index (χ1v) is 5.38. The number of aliphatic hydroxyl groups excluding tert-OH is 1. The molecule has 0 radical (unpaired) electrons. The van der Waals surface area contributed by atoms with Crippen molar-refractivity contribution in [3.8, 4) is 5.75 Å². The number of rotatable bonds is 6. The van der Waals surface area contributed by atoms with Crippen molar-refractivity contribution in [2.75, 3.05) is 19.9 Å². The van der Waals surface area contributed by atoms with Crippen molar-refractivity contribution in [2.24, 2.45) is 0 Å². The van der Waals surface area contributed by atoms with Crippen molar-refractivity contribution >= 4 is 11.6 Å². The maximum Gasteiger partial charge on any atom is 0.137 e. The molecule has 4 heteroatoms. The molecule has 0 fully saturated rings. The van der Waals surface area contributed by atoms with E-state index in [4.69, 9.17) is 21.4 Å². The minimum Gasteiger partial charge on any atom is -0.492 e. The van der Waals surface area contributed by atoms with Gasteiger partial charge in [-0.1, -0.05) is 17.7 Å². The molecule has 15 heavy (non-hydrogen) atoms. The second-order valence-corrected chi connectivity index (χ2v) is 3.51. The summed E-state index contributed by atoms with van der Waals surface area (Å²) in [5, 5.41) is 12.0. The predicted octanol–water partition coefficient (Wildman–Crippen LogP) is 1.82. The van der Waals surface area contributed by atoms with Gasteiger partial charge in [0.25, 0.3) is 0 Å². The van der Waals surface area contributed by atoms with Gasteiger partial charge >= 0.3 is 0 Å². The zero-order chi connectivity index (χ0) is 11.1. The highest BCUT2D eigenvalue weighted by Gasteiger charge is 2.01. The lowest BCUT2D eigenvalue weighted by Crippen LogP contribution is -2.17. The molecule has 2 N–H and O–H groups in total. The Kier molecular flexibility index (Phi) is 5.47. The van der Waals surface area contributed by atoms with Crippen molar-refractivity contribution in [1.29, 1.82) is 0 Å². The van der Waals surface area contributed by atoms with Gasteiger partial charge in [-0.25, -0.2) is 0 Å². The smallest absolute Gasteiger partial charge is 0.137 e. The summed E-state index contributed by atoms with van der Waals surface area (Å²) in [5.41, 5.74) is 1.13. The topological polar surface area (TPSA) is 41.5 Å². The molecule has 3 nitrogen and oxygen atoms in total. The van der Waals surface area contributed by atoms with Gasteiger partial charge in [0.1, 0.15) is 5.75 Å². The van der Waals surface area contributed by atoms with E-state index in [9.17, 15) is 0 Å². The van der Waals surface area contributed by atoms with Crippen LogP contribution in [0.15, 0.2) is 18.2 Å². The number of hydrogen-bond donors (Lipinski definition) is 2. The zero-order valence-corrected chi connectivity index (χ0v) is 9.55. The number of benzene rings is 1. The molecule has 1 aromatic rings. The van der Waals surface area contributed by atoms with Crippen LogP contribution in [0, 0.1) is 0 Å². The average Bonchev–Trinajstić information content (AvgIpc) is 2.23. The van der Waals surface area contributed by atoms with Gasteiger partial charge in [0.2, 0.25) is 0 Å². The Hall–Kier alpha value is -0.770. The fourth-order valence-corrected chi connectivity index (χ4v) is 1.54. The van der Waals surface area contributed by atoms with Crippen LogP contribution < -0.4 is 10.1 Å². The van der Waals surface area contributed by atoms with Crippen LogP contribution in [0.5, 0.6) is 5.75 Å². The molecule has 84 valence electrons. The summed E-state index contributed by atoms with van der Waals surface area (Å²) in [5.74, 6) is 0.720. The minimum atomic E-state index is 0.00472. The first-order chi connectivity index (χ1) is 7.27. The normalized spacial score (nSPS) is 10.3. The highest BCUT2D eigenvalue weighted by atomic mass is 35.5. The Morgan fingerprint density at radius 2 is 2.27 bits per heavy atom. The van der Waals surface area contributed by atoms with Gasteiger partial charge in [0.15, 0.2) is 0 Å². The van der Waals surface area contributed by atoms with Gasteiger partial charge in [-0.15, -0.1) is 0 Å². The van der Waals surface area contributed by atoms with E-state index in [1.165, 1.54) is 0 Å². The molecule has 0 saturated heterocycles. The summed E-state index contributed by atoms with van der Waals surface area (Å²) in [4.78, 5) is 0. The number of ether oxygens (including phenoxy) is 1. The van der Waals surface area contributed by atoms with Crippen LogP contribution in [0.3, 0.4) is 0 Å². The Balaban J connectivity index is 2.56. The van der Waals surface area contributed by atoms with Crippen molar-refractivity contribution in [3.05, 3.63) is 28.8 Å². The largest absolute Gasteiger partial charge is 0.492 e. The van der Waals surface area contributed by atoms with Gasteiger partial charge in [0.05, 0.1) is 18.4 Å². The average molecular weight is 230 g/mol. The standard InChI is InChI=1S/C11H16ClNO2/c1-2-15-11-4-3-9(7-10(11)12)5-6-13-8-14/h3-4,7,13-14H,2,5-6,8H2,1H3. The molecule has 0 heterocycles. The Morgan fingerprint density at radius 3 is 2.87 bits per heavy atom. The molecule has 0 atom stereocenters. The maximum atomic E-state index is 8.56. The van der Waals surface area contributed by atoms with Gasteiger partial charge < -0.3 is 9.84 Å². The minimum absolute atomic E-state index is 0.00472. The summed E-state index contributed by atoms with van der Waals surface area (Å²) >= 11 is 6.03. The van der Waals surface area contributed by atoms with Gasteiger partial charge in [-0.2, -0.15) is 0 Å². The third-order valence-corrected chi connectivity index (χ3v) is 2.29. The molecule has 0 aliphatic heterocycles. The lowest BCUT2D eigenvalue weighted by atomic mass is 10.1. The fraction of sp³-hybridized carbons (Fsp3) is 0.455. The SMILES string of the molecule is CCOc1ccc(CCNCO)cc1Cl. The number of hydrogen-bond acceptors (Lipinski definition) is 3. The van der Waals surface area contributed by atoms with E-state index < -0.39 is 0 Å². The molecule has 0 aromatic heterocycles. The quantitative estimate of drug-likeness (QED) is 0.578. The van der Waals surface area contributed by atoms with Crippen LogP contribution in [-0.4, -0.2) is 25.0 Å². The van der Waals surface area contributed by atoms with Crippen LogP contribution in [-0.2, 0) is 6.42 Å². The number of halogens is 1. The molecule has 0 aliphatic carbocycles. The summed E-state index contributed by atoms with van der Waals surface area (Å²) < 4.78 is 5.33. The fourth-order valence-electron chi connectivity index (χ4n) is 1.28. The Bertz CT molecular complexity index is 305. The Morgan fingerprint density at radius 1 is 1.47 bits per heavy atom. The molecule has 1 rings (SSSR count). The lowest BCUT2D eigenvalue weighted by molar-refractivity contribution is 0.262. The molecular formula is C11H16ClNO2. The molecule has 0 saturated carbocycles. The van der Waals surface area contributed by atoms with E-state index in [2.05, 4.69) is 5.32 Å². The Labute approximate surface area is 95.0 Å². The first-order valence-electron chi connectivity index (χ1n) is 5.00. The second kappa shape index (κ2) is 6.67. The lowest BCUT2D eigenvalue weighted by Gasteiger charge is -2.07. The van der Waals surface area contributed by atoms with Crippen molar-refractivity contribution in [2.45, 2.75) is 13.3 Å². The van der Waals surface area contributed by atoms with Gasteiger partial charge in [-0.3, -0.25) is 5.32 Å². The maximum absolute atomic E-state index is 8.56. The molecule has 0 aliphatic rings. The van der Waals surface area contributed by atoms with Gasteiger partial charge in [0, 0.05) is 6.54 Å². The van der Waals surface area contributed by atoms with E-state index in [-0.39, 0.29) is 6.73 Å². The van der Waals surface area contributed by atoms with Crippen LogP contribution in [0.25, 0.3) is 0 Å². The molecule has 0 unspecified atom stereocenters. The molecule has 0 spiro atoms. The van der Waals surface area contributed by atoms with Crippen LogP contribution in [0.1, 0.15) is 12.5 Å². The summed E-state index contributed by atoms with van der Waals surface area (Å²) in [6.07, 6.45) is 0.840. The molecule has 0 amide bonds. The second-order valence-electron chi connectivity index (χ2n) is 3.11. The summed E-state index contributed by atoms with van der Waals surface area (Å²) in [6.45, 7) is 3.28. The van der Waals surface area contributed by atoms with Crippen molar-refractivity contribution in [3.63, 3.8) is 0 Å². The van der Waals surface area contributed by atoms with Crippen LogP contribution >= 0.6 is 11.6 Å². The van der Waals surface area contributed by atoms with Crippen molar-refractivity contribution < 1.29 is 9.84 Å². The van der Waals surface area contributed by atoms with E-state index >= 15 is 0 Å². The summed E-state index contributed by atoms with van der Waals surface area (Å²) in [7, 11) is 0. The number of nitrogens with one attached hydrogen (secondary N) is 1. The van der Waals surface area contributed by atoms with E-state index in [1.807, 2.05) is 25.1 Å². The molecular weight excluding hydrogens is 214 g/mol. The van der Waals surface area contributed by atoms with Crippen molar-refractivity contribution in [1.82, 2.24) is 5.32 Å².